The third-order valence-corrected chi connectivity index (χ3v) is 1.72. The molecule has 0 bridgehead atoms. The van der Waals surface area contributed by atoms with Crippen molar-refractivity contribution in [1.82, 2.24) is 4.98 Å². The fourth-order valence-electron chi connectivity index (χ4n) is 0.672. The molecule has 0 saturated heterocycles. The van der Waals surface area contributed by atoms with Crippen molar-refractivity contribution in [2.75, 3.05) is 7.11 Å². The van der Waals surface area contributed by atoms with Crippen molar-refractivity contribution in [2.24, 2.45) is 0 Å². The van der Waals surface area contributed by atoms with E-state index in [2.05, 4.69) is 4.98 Å². The van der Waals surface area contributed by atoms with Crippen molar-refractivity contribution < 1.29 is 4.74 Å². The van der Waals surface area contributed by atoms with E-state index in [0.29, 0.717) is 5.88 Å². The first kappa shape index (κ1) is 8.62. The number of methoxy groups -OCH3 is 1. The molecule has 0 fully saturated rings. The van der Waals surface area contributed by atoms with E-state index >= 15 is 0 Å². The van der Waals surface area contributed by atoms with E-state index in [1.54, 1.807) is 25.4 Å². The lowest BCUT2D eigenvalue weighted by Crippen LogP contribution is -1.89. The smallest absolute Gasteiger partial charge is 0.213 e. The number of hydrogen-bond donors (Lipinski definition) is 0. The normalized spacial score (nSPS) is 10.2. The second-order valence-corrected chi connectivity index (χ2v) is 3.03. The minimum Gasteiger partial charge on any atom is -0.481 e. The van der Waals surface area contributed by atoms with Gasteiger partial charge in [0.25, 0.3) is 0 Å². The van der Waals surface area contributed by atoms with Gasteiger partial charge in [-0.15, -0.1) is 23.2 Å². The molecule has 2 nitrogen and oxygen atoms in total. The molecule has 0 aliphatic carbocycles. The van der Waals surface area contributed by atoms with Gasteiger partial charge in [-0.25, -0.2) is 4.98 Å². The molecular formula is C7H7Cl2NO. The Balaban J connectivity index is 2.91. The zero-order valence-electron chi connectivity index (χ0n) is 5.92. The minimum atomic E-state index is -0.521. The first-order chi connectivity index (χ1) is 5.24. The fraction of sp³-hybridized carbons (Fsp3) is 0.286. The van der Waals surface area contributed by atoms with Crippen molar-refractivity contribution >= 4 is 23.2 Å². The third-order valence-electron chi connectivity index (χ3n) is 1.22. The van der Waals surface area contributed by atoms with E-state index in [9.17, 15) is 0 Å². The Morgan fingerprint density at radius 2 is 2.27 bits per heavy atom. The molecule has 0 amide bonds. The second kappa shape index (κ2) is 3.79. The summed E-state index contributed by atoms with van der Waals surface area (Å²) in [5.74, 6) is 0.522. The van der Waals surface area contributed by atoms with Crippen molar-refractivity contribution in [3.63, 3.8) is 0 Å². The van der Waals surface area contributed by atoms with Gasteiger partial charge in [-0.2, -0.15) is 0 Å². The number of hydrogen-bond acceptors (Lipinski definition) is 2. The maximum Gasteiger partial charge on any atom is 0.213 e. The largest absolute Gasteiger partial charge is 0.481 e. The molecule has 0 aliphatic rings. The van der Waals surface area contributed by atoms with Gasteiger partial charge < -0.3 is 4.74 Å². The standard InChI is InChI=1S/C7H7Cl2NO/c1-11-6-4-5(7(8)9)2-3-10-6/h2-4,7H,1H3. The molecule has 0 aromatic carbocycles. The predicted octanol–water partition coefficient (Wildman–Crippen LogP) is 2.57. The molecule has 0 saturated carbocycles. The number of ether oxygens (including phenoxy) is 1. The van der Waals surface area contributed by atoms with Crippen LogP contribution in [-0.2, 0) is 0 Å². The lowest BCUT2D eigenvalue weighted by molar-refractivity contribution is 0.397. The maximum absolute atomic E-state index is 5.61. The van der Waals surface area contributed by atoms with Crippen LogP contribution in [0.4, 0.5) is 0 Å². The summed E-state index contributed by atoms with van der Waals surface area (Å²) in [4.78, 5) is 3.38. The molecule has 60 valence electrons. The van der Waals surface area contributed by atoms with Gasteiger partial charge in [0.2, 0.25) is 5.88 Å². The van der Waals surface area contributed by atoms with E-state index in [1.807, 2.05) is 0 Å². The highest BCUT2D eigenvalue weighted by atomic mass is 35.5. The molecule has 0 spiro atoms. The molecule has 0 atom stereocenters. The third kappa shape index (κ3) is 2.24. The van der Waals surface area contributed by atoms with Crippen LogP contribution in [0.15, 0.2) is 18.3 Å². The van der Waals surface area contributed by atoms with Crippen LogP contribution in [0.1, 0.15) is 10.4 Å². The molecule has 1 heterocycles. The number of aromatic nitrogens is 1. The highest BCUT2D eigenvalue weighted by Gasteiger charge is 2.03. The van der Waals surface area contributed by atoms with E-state index in [-0.39, 0.29) is 0 Å². The summed E-state index contributed by atoms with van der Waals surface area (Å²) in [6.07, 6.45) is 1.60. The Morgan fingerprint density at radius 1 is 1.55 bits per heavy atom. The molecule has 0 N–H and O–H groups in total. The Hall–Kier alpha value is -0.470. The Morgan fingerprint density at radius 3 is 2.82 bits per heavy atom. The average Bonchev–Trinajstić information content (AvgIpc) is 2.05. The molecular weight excluding hydrogens is 185 g/mol. The van der Waals surface area contributed by atoms with Crippen LogP contribution in [0.2, 0.25) is 0 Å². The molecule has 11 heavy (non-hydrogen) atoms. The van der Waals surface area contributed by atoms with E-state index < -0.39 is 4.84 Å². The van der Waals surface area contributed by atoms with Gasteiger partial charge in [0.05, 0.1) is 7.11 Å². The zero-order chi connectivity index (χ0) is 8.27. The van der Waals surface area contributed by atoms with Gasteiger partial charge in [-0.1, -0.05) is 0 Å². The van der Waals surface area contributed by atoms with Crippen molar-refractivity contribution in [3.05, 3.63) is 23.9 Å². The van der Waals surface area contributed by atoms with Crippen LogP contribution in [0.25, 0.3) is 0 Å². The summed E-state index contributed by atoms with van der Waals surface area (Å²) < 4.78 is 4.88. The van der Waals surface area contributed by atoms with Crippen LogP contribution >= 0.6 is 23.2 Å². The van der Waals surface area contributed by atoms with E-state index in [0.717, 1.165) is 5.56 Å². The Bertz CT molecular complexity index is 240. The van der Waals surface area contributed by atoms with Crippen LogP contribution in [0.5, 0.6) is 5.88 Å². The number of rotatable bonds is 2. The number of halogens is 2. The van der Waals surface area contributed by atoms with Crippen LogP contribution < -0.4 is 4.74 Å². The van der Waals surface area contributed by atoms with Gasteiger partial charge >= 0.3 is 0 Å². The molecule has 0 aliphatic heterocycles. The van der Waals surface area contributed by atoms with E-state index in [4.69, 9.17) is 27.9 Å². The molecule has 0 unspecified atom stereocenters. The number of alkyl halides is 2. The lowest BCUT2D eigenvalue weighted by atomic mass is 10.3. The monoisotopic (exact) mass is 191 g/mol. The summed E-state index contributed by atoms with van der Waals surface area (Å²) in [5, 5.41) is 0. The second-order valence-electron chi connectivity index (χ2n) is 1.93. The van der Waals surface area contributed by atoms with Crippen LogP contribution in [0, 0.1) is 0 Å². The summed E-state index contributed by atoms with van der Waals surface area (Å²) in [7, 11) is 1.55. The maximum atomic E-state index is 5.61. The van der Waals surface area contributed by atoms with Crippen LogP contribution in [-0.4, -0.2) is 12.1 Å². The summed E-state index contributed by atoms with van der Waals surface area (Å²) in [5.41, 5.74) is 0.792. The molecule has 1 aromatic rings. The highest BCUT2D eigenvalue weighted by Crippen LogP contribution is 2.25. The minimum absolute atomic E-state index is 0.521. The van der Waals surface area contributed by atoms with Crippen molar-refractivity contribution in [1.29, 1.82) is 0 Å². The zero-order valence-corrected chi connectivity index (χ0v) is 7.43. The molecule has 4 heteroatoms. The number of pyridine rings is 1. The Kier molecular flexibility index (Phi) is 2.97. The van der Waals surface area contributed by atoms with Crippen molar-refractivity contribution in [2.45, 2.75) is 4.84 Å². The van der Waals surface area contributed by atoms with Gasteiger partial charge in [-0.05, 0) is 11.6 Å². The molecule has 1 aromatic heterocycles. The molecule has 1 rings (SSSR count). The Labute approximate surface area is 75.1 Å². The SMILES string of the molecule is COc1cc(C(Cl)Cl)ccn1. The van der Waals surface area contributed by atoms with Crippen molar-refractivity contribution in [3.8, 4) is 5.88 Å². The van der Waals surface area contributed by atoms with E-state index in [1.165, 1.54) is 0 Å². The first-order valence-electron chi connectivity index (χ1n) is 3.02. The van der Waals surface area contributed by atoms with Gasteiger partial charge in [0.1, 0.15) is 4.84 Å². The van der Waals surface area contributed by atoms with Gasteiger partial charge in [0, 0.05) is 12.3 Å². The fourth-order valence-corrected chi connectivity index (χ4v) is 0.944. The highest BCUT2D eigenvalue weighted by molar-refractivity contribution is 6.44. The van der Waals surface area contributed by atoms with Gasteiger partial charge in [0.15, 0.2) is 0 Å². The molecule has 0 radical (unpaired) electrons. The number of nitrogens with zero attached hydrogens (tertiary/aromatic N) is 1. The van der Waals surface area contributed by atoms with Gasteiger partial charge in [-0.3, -0.25) is 0 Å². The topological polar surface area (TPSA) is 22.1 Å². The predicted molar refractivity (Wildman–Crippen MR) is 45.2 cm³/mol. The summed E-state index contributed by atoms with van der Waals surface area (Å²) >= 11 is 11.2. The summed E-state index contributed by atoms with van der Waals surface area (Å²) in [6.45, 7) is 0. The summed E-state index contributed by atoms with van der Waals surface area (Å²) in [6, 6.07) is 3.44. The first-order valence-corrected chi connectivity index (χ1v) is 3.89. The van der Waals surface area contributed by atoms with Crippen LogP contribution in [0.3, 0.4) is 0 Å². The quantitative estimate of drug-likeness (QED) is 0.671. The lowest BCUT2D eigenvalue weighted by Gasteiger charge is -2.02. The average molecular weight is 192 g/mol.